The van der Waals surface area contributed by atoms with Gasteiger partial charge in [0.15, 0.2) is 0 Å². The van der Waals surface area contributed by atoms with Crippen molar-refractivity contribution >= 4 is 27.7 Å². The lowest BCUT2D eigenvalue weighted by Crippen LogP contribution is -2.37. The third-order valence-corrected chi connectivity index (χ3v) is 2.63. The molecule has 1 amide bonds. The summed E-state index contributed by atoms with van der Waals surface area (Å²) >= 11 is 3.13. The average molecular weight is 315 g/mol. The molecule has 0 fully saturated rings. The van der Waals surface area contributed by atoms with E-state index in [1.807, 2.05) is 0 Å². The minimum atomic E-state index is -5.21. The number of halogens is 5. The SMILES string of the molecule is Cc1nc(NC(=O)C(F)C(F)(F)F)ccc1Br. The van der Waals surface area contributed by atoms with Crippen LogP contribution in [-0.4, -0.2) is 23.2 Å². The standard InChI is InChI=1S/C9H7BrF4N2O/c1-4-5(10)2-3-6(15-4)16-8(17)7(11)9(12,13)14/h2-3,7H,1H3,(H,15,16,17). The summed E-state index contributed by atoms with van der Waals surface area (Å²) in [4.78, 5) is 14.7. The quantitative estimate of drug-likeness (QED) is 0.853. The molecule has 0 saturated heterocycles. The van der Waals surface area contributed by atoms with Crippen LogP contribution < -0.4 is 5.32 Å². The van der Waals surface area contributed by atoms with Crippen molar-refractivity contribution in [1.82, 2.24) is 4.98 Å². The van der Waals surface area contributed by atoms with E-state index < -0.39 is 18.3 Å². The van der Waals surface area contributed by atoms with Crippen molar-refractivity contribution in [2.24, 2.45) is 0 Å². The fraction of sp³-hybridized carbons (Fsp3) is 0.333. The number of aryl methyl sites for hydroxylation is 1. The Bertz CT molecular complexity index is 435. The number of rotatable bonds is 2. The largest absolute Gasteiger partial charge is 0.428 e. The van der Waals surface area contributed by atoms with E-state index in [2.05, 4.69) is 20.9 Å². The van der Waals surface area contributed by atoms with Crippen LogP contribution in [0, 0.1) is 6.92 Å². The normalized spacial score (nSPS) is 13.3. The van der Waals surface area contributed by atoms with E-state index >= 15 is 0 Å². The van der Waals surface area contributed by atoms with Gasteiger partial charge in [-0.05, 0) is 35.0 Å². The fourth-order valence-corrected chi connectivity index (χ4v) is 1.17. The molecular formula is C9H7BrF4N2O. The lowest BCUT2D eigenvalue weighted by molar-refractivity contribution is -0.183. The summed E-state index contributed by atoms with van der Waals surface area (Å²) in [6.07, 6.45) is -8.78. The van der Waals surface area contributed by atoms with Crippen LogP contribution in [0.5, 0.6) is 0 Å². The first-order valence-electron chi connectivity index (χ1n) is 4.36. The average Bonchev–Trinajstić information content (AvgIpc) is 2.21. The number of hydrogen-bond donors (Lipinski definition) is 1. The zero-order valence-corrected chi connectivity index (χ0v) is 10.1. The van der Waals surface area contributed by atoms with Crippen LogP contribution in [0.1, 0.15) is 5.69 Å². The third kappa shape index (κ3) is 3.65. The smallest absolute Gasteiger partial charge is 0.308 e. The zero-order valence-electron chi connectivity index (χ0n) is 8.48. The van der Waals surface area contributed by atoms with Crippen molar-refractivity contribution in [1.29, 1.82) is 0 Å². The van der Waals surface area contributed by atoms with Crippen molar-refractivity contribution in [3.8, 4) is 0 Å². The Morgan fingerprint density at radius 1 is 1.47 bits per heavy atom. The van der Waals surface area contributed by atoms with Crippen LogP contribution in [0.3, 0.4) is 0 Å². The fourth-order valence-electron chi connectivity index (χ4n) is 0.952. The second-order valence-corrected chi connectivity index (χ2v) is 4.01. The van der Waals surface area contributed by atoms with Gasteiger partial charge in [-0.3, -0.25) is 4.79 Å². The van der Waals surface area contributed by atoms with Gasteiger partial charge in [0.05, 0.1) is 5.69 Å². The van der Waals surface area contributed by atoms with Crippen LogP contribution in [0.4, 0.5) is 23.4 Å². The van der Waals surface area contributed by atoms with Gasteiger partial charge < -0.3 is 5.32 Å². The molecule has 1 unspecified atom stereocenters. The van der Waals surface area contributed by atoms with Crippen molar-refractivity contribution in [3.05, 3.63) is 22.3 Å². The van der Waals surface area contributed by atoms with Gasteiger partial charge in [0, 0.05) is 4.47 Å². The first-order valence-corrected chi connectivity index (χ1v) is 5.16. The lowest BCUT2D eigenvalue weighted by Gasteiger charge is -2.12. The maximum absolute atomic E-state index is 12.6. The van der Waals surface area contributed by atoms with Gasteiger partial charge in [0.25, 0.3) is 12.1 Å². The van der Waals surface area contributed by atoms with Gasteiger partial charge in [-0.2, -0.15) is 13.2 Å². The number of hydrogen-bond acceptors (Lipinski definition) is 2. The molecule has 94 valence electrons. The van der Waals surface area contributed by atoms with E-state index in [4.69, 9.17) is 0 Å². The Kier molecular flexibility index (Phi) is 4.07. The summed E-state index contributed by atoms with van der Waals surface area (Å²) in [7, 11) is 0. The highest BCUT2D eigenvalue weighted by Gasteiger charge is 2.45. The Morgan fingerprint density at radius 2 is 2.06 bits per heavy atom. The first kappa shape index (κ1) is 13.9. The van der Waals surface area contributed by atoms with Crippen LogP contribution in [0.25, 0.3) is 0 Å². The molecule has 0 bridgehead atoms. The number of aromatic nitrogens is 1. The van der Waals surface area contributed by atoms with Crippen LogP contribution in [-0.2, 0) is 4.79 Å². The molecule has 0 aromatic carbocycles. The Balaban J connectivity index is 2.78. The number of pyridine rings is 1. The van der Waals surface area contributed by atoms with Crippen LogP contribution in [0.2, 0.25) is 0 Å². The highest BCUT2D eigenvalue weighted by Crippen LogP contribution is 2.24. The highest BCUT2D eigenvalue weighted by atomic mass is 79.9. The number of nitrogens with zero attached hydrogens (tertiary/aromatic N) is 1. The molecule has 3 nitrogen and oxygen atoms in total. The molecule has 0 aliphatic carbocycles. The molecule has 1 aromatic rings. The molecule has 0 radical (unpaired) electrons. The Morgan fingerprint density at radius 3 is 2.53 bits per heavy atom. The van der Waals surface area contributed by atoms with E-state index in [0.717, 1.165) is 0 Å². The van der Waals surface area contributed by atoms with Crippen LogP contribution >= 0.6 is 15.9 Å². The van der Waals surface area contributed by atoms with E-state index in [-0.39, 0.29) is 5.82 Å². The van der Waals surface area contributed by atoms with Crippen molar-refractivity contribution < 1.29 is 22.4 Å². The summed E-state index contributed by atoms with van der Waals surface area (Å²) in [5, 5.41) is 1.75. The number of amides is 1. The predicted molar refractivity (Wildman–Crippen MR) is 56.3 cm³/mol. The minimum Gasteiger partial charge on any atom is -0.308 e. The van der Waals surface area contributed by atoms with Gasteiger partial charge in [-0.15, -0.1) is 0 Å². The number of carbonyl (C=O) groups excluding carboxylic acids is 1. The lowest BCUT2D eigenvalue weighted by atomic mass is 10.3. The highest BCUT2D eigenvalue weighted by molar-refractivity contribution is 9.10. The molecule has 1 atom stereocenters. The predicted octanol–water partition coefficient (Wildman–Crippen LogP) is 2.99. The summed E-state index contributed by atoms with van der Waals surface area (Å²) in [5.74, 6) is -1.92. The first-order chi connectivity index (χ1) is 7.71. The maximum Gasteiger partial charge on any atom is 0.428 e. The monoisotopic (exact) mass is 314 g/mol. The molecule has 1 rings (SSSR count). The molecule has 1 N–H and O–H groups in total. The Hall–Kier alpha value is -1.18. The molecule has 8 heteroatoms. The van der Waals surface area contributed by atoms with E-state index in [1.54, 1.807) is 12.2 Å². The second-order valence-electron chi connectivity index (χ2n) is 3.16. The molecule has 0 spiro atoms. The molecule has 1 heterocycles. The zero-order chi connectivity index (χ0) is 13.2. The maximum atomic E-state index is 12.6. The van der Waals surface area contributed by atoms with Gasteiger partial charge in [-0.25, -0.2) is 9.37 Å². The number of nitrogens with one attached hydrogen (secondary N) is 1. The van der Waals surface area contributed by atoms with Crippen molar-refractivity contribution in [2.45, 2.75) is 19.3 Å². The van der Waals surface area contributed by atoms with E-state index in [0.29, 0.717) is 10.2 Å². The van der Waals surface area contributed by atoms with E-state index in [1.165, 1.54) is 12.1 Å². The summed E-state index contributed by atoms with van der Waals surface area (Å²) < 4.78 is 48.9. The van der Waals surface area contributed by atoms with Crippen molar-refractivity contribution in [2.75, 3.05) is 5.32 Å². The molecule has 0 saturated carbocycles. The minimum absolute atomic E-state index is 0.136. The Labute approximate surface area is 102 Å². The number of carbonyl (C=O) groups is 1. The molecule has 17 heavy (non-hydrogen) atoms. The second kappa shape index (κ2) is 4.99. The molecular weight excluding hydrogens is 308 g/mol. The summed E-state index contributed by atoms with van der Waals surface area (Å²) in [6, 6.07) is 2.75. The number of alkyl halides is 4. The molecule has 0 aliphatic rings. The molecule has 1 aromatic heterocycles. The van der Waals surface area contributed by atoms with Gasteiger partial charge in [0.2, 0.25) is 0 Å². The molecule has 0 aliphatic heterocycles. The van der Waals surface area contributed by atoms with E-state index in [9.17, 15) is 22.4 Å². The van der Waals surface area contributed by atoms with Gasteiger partial charge >= 0.3 is 6.18 Å². The number of anilines is 1. The topological polar surface area (TPSA) is 42.0 Å². The van der Waals surface area contributed by atoms with Gasteiger partial charge in [-0.1, -0.05) is 0 Å². The van der Waals surface area contributed by atoms with Crippen LogP contribution in [0.15, 0.2) is 16.6 Å². The summed E-state index contributed by atoms with van der Waals surface area (Å²) in [6.45, 7) is 1.58. The summed E-state index contributed by atoms with van der Waals surface area (Å²) in [5.41, 5.74) is 0.463. The third-order valence-electron chi connectivity index (χ3n) is 1.79. The van der Waals surface area contributed by atoms with Gasteiger partial charge in [0.1, 0.15) is 5.82 Å². The van der Waals surface area contributed by atoms with Crippen molar-refractivity contribution in [3.63, 3.8) is 0 Å².